The lowest BCUT2D eigenvalue weighted by molar-refractivity contribution is 0.0765. The number of nitrogens with zero attached hydrogens (tertiary/aromatic N) is 1. The van der Waals surface area contributed by atoms with Gasteiger partial charge in [-0.05, 0) is 45.0 Å². The number of hydrogen-bond donors (Lipinski definition) is 1. The molecule has 4 heteroatoms. The lowest BCUT2D eigenvalue weighted by Gasteiger charge is -2.20. The highest BCUT2D eigenvalue weighted by atomic mass is 16.5. The Labute approximate surface area is 114 Å². The molecule has 104 valence electrons. The maximum absolute atomic E-state index is 12.4. The number of nitrogens with one attached hydrogen (secondary N) is 1. The van der Waals surface area contributed by atoms with E-state index in [-0.39, 0.29) is 12.0 Å². The normalized spacial score (nSPS) is 16.3. The zero-order chi connectivity index (χ0) is 13.7. The molecule has 1 amide bonds. The van der Waals surface area contributed by atoms with Crippen molar-refractivity contribution in [1.29, 1.82) is 0 Å². The van der Waals surface area contributed by atoms with Crippen LogP contribution in [-0.2, 0) is 0 Å². The van der Waals surface area contributed by atoms with Crippen LogP contribution in [0.3, 0.4) is 0 Å². The summed E-state index contributed by atoms with van der Waals surface area (Å²) in [7, 11) is 0. The fraction of sp³-hybridized carbons (Fsp3) is 0.533. The maximum atomic E-state index is 12.4. The lowest BCUT2D eigenvalue weighted by Crippen LogP contribution is -2.34. The summed E-state index contributed by atoms with van der Waals surface area (Å²) < 4.78 is 5.63. The van der Waals surface area contributed by atoms with E-state index in [1.54, 1.807) is 0 Å². The molecule has 0 saturated carbocycles. The van der Waals surface area contributed by atoms with Crippen LogP contribution < -0.4 is 10.1 Å². The monoisotopic (exact) mass is 262 g/mol. The number of amides is 1. The zero-order valence-corrected chi connectivity index (χ0v) is 11.7. The van der Waals surface area contributed by atoms with Crippen molar-refractivity contribution in [2.45, 2.75) is 26.4 Å². The van der Waals surface area contributed by atoms with Gasteiger partial charge in [0, 0.05) is 25.2 Å². The number of hydrogen-bond acceptors (Lipinski definition) is 3. The van der Waals surface area contributed by atoms with E-state index in [1.807, 2.05) is 43.0 Å². The molecule has 1 aromatic carbocycles. The topological polar surface area (TPSA) is 41.6 Å². The van der Waals surface area contributed by atoms with Gasteiger partial charge in [0.1, 0.15) is 5.75 Å². The van der Waals surface area contributed by atoms with Gasteiger partial charge in [0.2, 0.25) is 0 Å². The summed E-state index contributed by atoms with van der Waals surface area (Å²) in [5.74, 6) is 0.853. The fourth-order valence-electron chi connectivity index (χ4n) is 2.21. The molecule has 0 atom stereocenters. The van der Waals surface area contributed by atoms with Gasteiger partial charge in [-0.15, -0.1) is 0 Å². The standard InChI is InChI=1S/C15H22N2O2/c1-12(2)19-14-6-3-5-13(11-14)15(18)17-9-4-7-16-8-10-17/h3,5-6,11-12,16H,4,7-10H2,1-2H3. The third kappa shape index (κ3) is 3.96. The second-order valence-corrected chi connectivity index (χ2v) is 5.09. The predicted molar refractivity (Wildman–Crippen MR) is 75.6 cm³/mol. The number of carbonyl (C=O) groups is 1. The first-order valence-corrected chi connectivity index (χ1v) is 6.93. The minimum absolute atomic E-state index is 0.0953. The summed E-state index contributed by atoms with van der Waals surface area (Å²) in [6, 6.07) is 7.45. The van der Waals surface area contributed by atoms with Gasteiger partial charge < -0.3 is 15.0 Å². The smallest absolute Gasteiger partial charge is 0.254 e. The first kappa shape index (κ1) is 13.9. The van der Waals surface area contributed by atoms with Crippen molar-refractivity contribution in [3.05, 3.63) is 29.8 Å². The third-order valence-corrected chi connectivity index (χ3v) is 3.08. The highest BCUT2D eigenvalue weighted by Gasteiger charge is 2.17. The average Bonchev–Trinajstić information content (AvgIpc) is 2.66. The lowest BCUT2D eigenvalue weighted by atomic mass is 10.2. The summed E-state index contributed by atoms with van der Waals surface area (Å²) >= 11 is 0. The van der Waals surface area contributed by atoms with E-state index in [1.165, 1.54) is 0 Å². The fourth-order valence-corrected chi connectivity index (χ4v) is 2.21. The average molecular weight is 262 g/mol. The maximum Gasteiger partial charge on any atom is 0.254 e. The molecule has 1 saturated heterocycles. The van der Waals surface area contributed by atoms with E-state index in [0.29, 0.717) is 5.56 Å². The van der Waals surface area contributed by atoms with E-state index < -0.39 is 0 Å². The molecule has 1 aliphatic heterocycles. The van der Waals surface area contributed by atoms with Crippen LogP contribution in [0, 0.1) is 0 Å². The molecular formula is C15H22N2O2. The summed E-state index contributed by atoms with van der Waals surface area (Å²) in [5.41, 5.74) is 0.708. The van der Waals surface area contributed by atoms with E-state index in [4.69, 9.17) is 4.74 Å². The number of carbonyl (C=O) groups excluding carboxylic acids is 1. The van der Waals surface area contributed by atoms with E-state index >= 15 is 0 Å². The largest absolute Gasteiger partial charge is 0.491 e. The molecule has 2 rings (SSSR count). The van der Waals surface area contributed by atoms with Gasteiger partial charge in [0.05, 0.1) is 6.10 Å². The molecule has 0 spiro atoms. The van der Waals surface area contributed by atoms with Gasteiger partial charge >= 0.3 is 0 Å². The summed E-state index contributed by atoms with van der Waals surface area (Å²) in [4.78, 5) is 14.3. The minimum atomic E-state index is 0.0953. The van der Waals surface area contributed by atoms with Crippen molar-refractivity contribution in [3.63, 3.8) is 0 Å². The Kier molecular flexibility index (Phi) is 4.80. The van der Waals surface area contributed by atoms with Crippen molar-refractivity contribution in [3.8, 4) is 5.75 Å². The van der Waals surface area contributed by atoms with Crippen LogP contribution in [0.4, 0.5) is 0 Å². The first-order chi connectivity index (χ1) is 9.16. The van der Waals surface area contributed by atoms with Crippen LogP contribution in [0.15, 0.2) is 24.3 Å². The Morgan fingerprint density at radius 3 is 2.95 bits per heavy atom. The van der Waals surface area contributed by atoms with Crippen LogP contribution >= 0.6 is 0 Å². The van der Waals surface area contributed by atoms with E-state index in [9.17, 15) is 4.79 Å². The van der Waals surface area contributed by atoms with Crippen molar-refractivity contribution in [2.75, 3.05) is 26.2 Å². The van der Waals surface area contributed by atoms with E-state index in [0.717, 1.165) is 38.3 Å². The molecule has 1 heterocycles. The van der Waals surface area contributed by atoms with Gasteiger partial charge in [0.15, 0.2) is 0 Å². The molecule has 0 aliphatic carbocycles. The third-order valence-electron chi connectivity index (χ3n) is 3.08. The molecular weight excluding hydrogens is 240 g/mol. The summed E-state index contributed by atoms with van der Waals surface area (Å²) in [6.45, 7) is 7.41. The van der Waals surface area contributed by atoms with Gasteiger partial charge in [-0.3, -0.25) is 4.79 Å². The molecule has 0 radical (unpaired) electrons. The Hall–Kier alpha value is -1.55. The second kappa shape index (κ2) is 6.57. The molecule has 0 unspecified atom stereocenters. The summed E-state index contributed by atoms with van der Waals surface area (Å²) in [6.07, 6.45) is 1.13. The second-order valence-electron chi connectivity index (χ2n) is 5.09. The highest BCUT2D eigenvalue weighted by molar-refractivity contribution is 5.94. The molecule has 19 heavy (non-hydrogen) atoms. The molecule has 0 bridgehead atoms. The van der Waals surface area contributed by atoms with E-state index in [2.05, 4.69) is 5.32 Å². The highest BCUT2D eigenvalue weighted by Crippen LogP contribution is 2.16. The van der Waals surface area contributed by atoms with Crippen LogP contribution in [0.2, 0.25) is 0 Å². The van der Waals surface area contributed by atoms with Crippen LogP contribution in [-0.4, -0.2) is 43.1 Å². The zero-order valence-electron chi connectivity index (χ0n) is 11.7. The van der Waals surface area contributed by atoms with Crippen molar-refractivity contribution >= 4 is 5.91 Å². The molecule has 1 aliphatic rings. The summed E-state index contributed by atoms with van der Waals surface area (Å²) in [5, 5.41) is 3.30. The van der Waals surface area contributed by atoms with Crippen molar-refractivity contribution < 1.29 is 9.53 Å². The van der Waals surface area contributed by atoms with Crippen LogP contribution in [0.5, 0.6) is 5.75 Å². The van der Waals surface area contributed by atoms with Crippen LogP contribution in [0.25, 0.3) is 0 Å². The number of ether oxygens (including phenoxy) is 1. The van der Waals surface area contributed by atoms with Crippen molar-refractivity contribution in [1.82, 2.24) is 10.2 Å². The van der Waals surface area contributed by atoms with Crippen LogP contribution in [0.1, 0.15) is 30.6 Å². The Morgan fingerprint density at radius 1 is 1.32 bits per heavy atom. The number of rotatable bonds is 3. The molecule has 0 aromatic heterocycles. The minimum Gasteiger partial charge on any atom is -0.491 e. The Bertz CT molecular complexity index is 424. The number of benzene rings is 1. The Balaban J connectivity index is 2.09. The van der Waals surface area contributed by atoms with Gasteiger partial charge in [-0.25, -0.2) is 0 Å². The molecule has 4 nitrogen and oxygen atoms in total. The molecule has 1 aromatic rings. The molecule has 1 N–H and O–H groups in total. The van der Waals surface area contributed by atoms with Gasteiger partial charge in [-0.1, -0.05) is 6.07 Å². The Morgan fingerprint density at radius 2 is 2.16 bits per heavy atom. The first-order valence-electron chi connectivity index (χ1n) is 6.93. The van der Waals surface area contributed by atoms with Gasteiger partial charge in [-0.2, -0.15) is 0 Å². The van der Waals surface area contributed by atoms with Gasteiger partial charge in [0.25, 0.3) is 5.91 Å². The predicted octanol–water partition coefficient (Wildman–Crippen LogP) is 1.91. The quantitative estimate of drug-likeness (QED) is 0.904. The van der Waals surface area contributed by atoms with Crippen molar-refractivity contribution in [2.24, 2.45) is 0 Å². The molecule has 1 fully saturated rings. The SMILES string of the molecule is CC(C)Oc1cccc(C(=O)N2CCCNCC2)c1.